The van der Waals surface area contributed by atoms with Gasteiger partial charge in [-0.25, -0.2) is 4.98 Å². The molecule has 2 aromatic heterocycles. The summed E-state index contributed by atoms with van der Waals surface area (Å²) >= 11 is 7.42. The zero-order chi connectivity index (χ0) is 16.4. The van der Waals surface area contributed by atoms with Crippen LogP contribution in [0.2, 0.25) is 5.02 Å². The first-order chi connectivity index (χ1) is 11.1. The van der Waals surface area contributed by atoms with E-state index in [1.807, 2.05) is 41.9 Å². The first-order valence-electron chi connectivity index (χ1n) is 6.64. The Hall–Kier alpha value is -2.38. The molecule has 6 nitrogen and oxygen atoms in total. The smallest absolute Gasteiger partial charge is 0.250 e. The summed E-state index contributed by atoms with van der Waals surface area (Å²) in [5.74, 6) is 0.180. The number of amides is 1. The van der Waals surface area contributed by atoms with Crippen LogP contribution in [0.5, 0.6) is 0 Å². The number of rotatable bonds is 4. The van der Waals surface area contributed by atoms with Gasteiger partial charge in [-0.1, -0.05) is 41.9 Å². The number of carbonyl (C=O) groups excluding carboxylic acids is 1. The Morgan fingerprint density at radius 1 is 1.26 bits per heavy atom. The second kappa shape index (κ2) is 6.39. The highest BCUT2D eigenvalue weighted by atomic mass is 35.5. The molecule has 0 aliphatic rings. The lowest BCUT2D eigenvalue weighted by molar-refractivity contribution is 0.1000. The maximum Gasteiger partial charge on any atom is 0.250 e. The molecule has 0 atom stereocenters. The number of hydrogen-bond donors (Lipinski definition) is 1. The molecule has 116 valence electrons. The molecule has 1 amide bonds. The Morgan fingerprint density at radius 3 is 2.65 bits per heavy atom. The third kappa shape index (κ3) is 3.20. The number of aromatic nitrogens is 4. The minimum Gasteiger partial charge on any atom is -0.366 e. The van der Waals surface area contributed by atoms with Crippen LogP contribution in [-0.4, -0.2) is 25.7 Å². The fourth-order valence-electron chi connectivity index (χ4n) is 1.96. The number of hydrogen-bond acceptors (Lipinski definition) is 5. The highest BCUT2D eigenvalue weighted by Crippen LogP contribution is 2.32. The first-order valence-corrected chi connectivity index (χ1v) is 7.83. The van der Waals surface area contributed by atoms with E-state index < -0.39 is 5.91 Å². The van der Waals surface area contributed by atoms with Crippen LogP contribution < -0.4 is 5.73 Å². The fourth-order valence-corrected chi connectivity index (χ4v) is 2.99. The van der Waals surface area contributed by atoms with Crippen molar-refractivity contribution in [2.75, 3.05) is 0 Å². The van der Waals surface area contributed by atoms with Gasteiger partial charge in [-0.05, 0) is 17.8 Å². The monoisotopic (exact) mass is 345 g/mol. The average Bonchev–Trinajstić information content (AvgIpc) is 2.91. The third-order valence-corrected chi connectivity index (χ3v) is 4.60. The van der Waals surface area contributed by atoms with Crippen LogP contribution in [0.25, 0.3) is 11.4 Å². The molecular weight excluding hydrogens is 334 g/mol. The third-order valence-electron chi connectivity index (χ3n) is 3.15. The Bertz CT molecular complexity index is 866. The Balaban J connectivity index is 1.90. The van der Waals surface area contributed by atoms with Gasteiger partial charge in [0.25, 0.3) is 0 Å². The van der Waals surface area contributed by atoms with E-state index in [9.17, 15) is 4.79 Å². The van der Waals surface area contributed by atoms with Crippen LogP contribution in [0.1, 0.15) is 10.4 Å². The Kier molecular flexibility index (Phi) is 4.31. The van der Waals surface area contributed by atoms with Gasteiger partial charge in [-0.2, -0.15) is 0 Å². The van der Waals surface area contributed by atoms with E-state index >= 15 is 0 Å². The topological polar surface area (TPSA) is 86.7 Å². The Morgan fingerprint density at radius 2 is 2.00 bits per heavy atom. The van der Waals surface area contributed by atoms with Crippen molar-refractivity contribution in [1.82, 2.24) is 19.7 Å². The van der Waals surface area contributed by atoms with Crippen molar-refractivity contribution in [3.8, 4) is 11.4 Å². The molecule has 0 spiro atoms. The van der Waals surface area contributed by atoms with Crippen LogP contribution in [-0.2, 0) is 7.05 Å². The fraction of sp³-hybridized carbons (Fsp3) is 0.0667. The molecule has 3 rings (SSSR count). The average molecular weight is 346 g/mol. The van der Waals surface area contributed by atoms with Crippen molar-refractivity contribution in [3.63, 3.8) is 0 Å². The van der Waals surface area contributed by atoms with E-state index in [1.165, 1.54) is 24.0 Å². The van der Waals surface area contributed by atoms with Gasteiger partial charge < -0.3 is 10.3 Å². The zero-order valence-corrected chi connectivity index (χ0v) is 13.7. The maximum atomic E-state index is 11.1. The quantitative estimate of drug-likeness (QED) is 0.785. The summed E-state index contributed by atoms with van der Waals surface area (Å²) in [6.07, 6.45) is 1.39. The highest BCUT2D eigenvalue weighted by Gasteiger charge is 2.15. The second-order valence-corrected chi connectivity index (χ2v) is 6.07. The lowest BCUT2D eigenvalue weighted by Gasteiger charge is -2.05. The predicted octanol–water partition coefficient (Wildman–Crippen LogP) is 2.78. The number of benzene rings is 1. The number of carbonyl (C=O) groups is 1. The lowest BCUT2D eigenvalue weighted by Crippen LogP contribution is -2.11. The standard InChI is InChI=1S/C15H12ClN5OS/c1-21-13(9-5-3-2-4-6-9)19-20-15(21)23-14-11(16)7-10(8-18-14)12(17)22/h2-8H,1H3,(H2,17,22). The lowest BCUT2D eigenvalue weighted by atomic mass is 10.2. The maximum absolute atomic E-state index is 11.1. The van der Waals surface area contributed by atoms with Gasteiger partial charge in [0.2, 0.25) is 5.91 Å². The number of nitrogens with zero attached hydrogens (tertiary/aromatic N) is 4. The van der Waals surface area contributed by atoms with Crippen LogP contribution >= 0.6 is 23.4 Å². The Labute approximate surface area is 141 Å². The van der Waals surface area contributed by atoms with E-state index in [2.05, 4.69) is 15.2 Å². The number of primary amides is 1. The normalized spacial score (nSPS) is 10.7. The van der Waals surface area contributed by atoms with E-state index in [0.29, 0.717) is 15.2 Å². The van der Waals surface area contributed by atoms with Gasteiger partial charge in [0.1, 0.15) is 5.03 Å². The van der Waals surface area contributed by atoms with Gasteiger partial charge in [-0.3, -0.25) is 4.79 Å². The minimum absolute atomic E-state index is 0.266. The van der Waals surface area contributed by atoms with Crippen LogP contribution in [0, 0.1) is 0 Å². The minimum atomic E-state index is -0.569. The molecule has 23 heavy (non-hydrogen) atoms. The molecule has 0 aliphatic heterocycles. The highest BCUT2D eigenvalue weighted by molar-refractivity contribution is 7.99. The summed E-state index contributed by atoms with van der Waals surface area (Å²) < 4.78 is 1.86. The SMILES string of the molecule is Cn1c(Sc2ncc(C(N)=O)cc2Cl)nnc1-c1ccccc1. The molecule has 3 aromatic rings. The molecule has 0 saturated carbocycles. The second-order valence-electron chi connectivity index (χ2n) is 4.71. The van der Waals surface area contributed by atoms with E-state index in [-0.39, 0.29) is 5.56 Å². The molecule has 0 fully saturated rings. The van der Waals surface area contributed by atoms with E-state index in [1.54, 1.807) is 0 Å². The van der Waals surface area contributed by atoms with E-state index in [0.717, 1.165) is 11.4 Å². The van der Waals surface area contributed by atoms with Gasteiger partial charge in [0.15, 0.2) is 11.0 Å². The van der Waals surface area contributed by atoms with Crippen molar-refractivity contribution in [2.24, 2.45) is 12.8 Å². The molecule has 0 aliphatic carbocycles. The molecule has 2 N–H and O–H groups in total. The zero-order valence-electron chi connectivity index (χ0n) is 12.1. The number of nitrogens with two attached hydrogens (primary N) is 1. The first kappa shape index (κ1) is 15.5. The van der Waals surface area contributed by atoms with Crippen molar-refractivity contribution in [3.05, 3.63) is 53.2 Å². The molecule has 0 bridgehead atoms. The largest absolute Gasteiger partial charge is 0.366 e. The van der Waals surface area contributed by atoms with Crippen molar-refractivity contribution < 1.29 is 4.79 Å². The molecule has 8 heteroatoms. The molecule has 1 aromatic carbocycles. The number of pyridine rings is 1. The van der Waals surface area contributed by atoms with Crippen LogP contribution in [0.15, 0.2) is 52.8 Å². The van der Waals surface area contributed by atoms with E-state index in [4.69, 9.17) is 17.3 Å². The van der Waals surface area contributed by atoms with Gasteiger partial charge in [0, 0.05) is 18.8 Å². The summed E-state index contributed by atoms with van der Waals surface area (Å²) in [7, 11) is 1.87. The summed E-state index contributed by atoms with van der Waals surface area (Å²) in [4.78, 5) is 15.3. The summed E-state index contributed by atoms with van der Waals surface area (Å²) in [6.45, 7) is 0. The van der Waals surface area contributed by atoms with Gasteiger partial charge in [-0.15, -0.1) is 10.2 Å². The van der Waals surface area contributed by atoms with Crippen LogP contribution in [0.3, 0.4) is 0 Å². The summed E-state index contributed by atoms with van der Waals surface area (Å²) in [5.41, 5.74) is 6.44. The van der Waals surface area contributed by atoms with Crippen LogP contribution in [0.4, 0.5) is 0 Å². The van der Waals surface area contributed by atoms with Gasteiger partial charge in [0.05, 0.1) is 10.6 Å². The van der Waals surface area contributed by atoms with Crippen molar-refractivity contribution in [2.45, 2.75) is 10.2 Å². The molecule has 0 saturated heterocycles. The molecule has 0 radical (unpaired) electrons. The van der Waals surface area contributed by atoms with Gasteiger partial charge >= 0.3 is 0 Å². The molecule has 0 unspecified atom stereocenters. The van der Waals surface area contributed by atoms with Crippen molar-refractivity contribution >= 4 is 29.3 Å². The van der Waals surface area contributed by atoms with Crippen molar-refractivity contribution in [1.29, 1.82) is 0 Å². The summed E-state index contributed by atoms with van der Waals surface area (Å²) in [6, 6.07) is 11.2. The number of halogens is 1. The molecular formula is C15H12ClN5OS. The predicted molar refractivity (Wildman–Crippen MR) is 88.3 cm³/mol. The molecule has 2 heterocycles. The summed E-state index contributed by atoms with van der Waals surface area (Å²) in [5, 5.41) is 9.90.